The van der Waals surface area contributed by atoms with E-state index < -0.39 is 94.9 Å². The van der Waals surface area contributed by atoms with Gasteiger partial charge in [0.1, 0.15) is 0 Å². The lowest BCUT2D eigenvalue weighted by molar-refractivity contribution is -0.161. The summed E-state index contributed by atoms with van der Waals surface area (Å²) in [5.74, 6) is -16.6. The number of ether oxygens (including phenoxy) is 4. The molecule has 4 saturated heterocycles. The van der Waals surface area contributed by atoms with Crippen molar-refractivity contribution in [2.75, 3.05) is 0 Å². The molecule has 9 atom stereocenters. The molecule has 0 aromatic heterocycles. The Morgan fingerprint density at radius 1 is 0.742 bits per heavy atom. The first-order chi connectivity index (χ1) is 14.6. The number of cyclic esters (lactones) is 7. The summed E-state index contributed by atoms with van der Waals surface area (Å²) < 4.78 is 19.1. The highest BCUT2D eigenvalue weighted by Gasteiger charge is 2.71. The minimum Gasteiger partial charge on any atom is -0.435 e. The fourth-order valence-electron chi connectivity index (χ4n) is 5.79. The van der Waals surface area contributed by atoms with Crippen LogP contribution >= 0.6 is 0 Å². The Bertz CT molecular complexity index is 982. The van der Waals surface area contributed by atoms with E-state index in [2.05, 4.69) is 0 Å². The summed E-state index contributed by atoms with van der Waals surface area (Å²) in [6.07, 6.45) is -2.35. The zero-order valence-corrected chi connectivity index (χ0v) is 16.0. The highest BCUT2D eigenvalue weighted by atomic mass is 16.6. The molecule has 0 radical (unpaired) electrons. The van der Waals surface area contributed by atoms with E-state index in [1.54, 1.807) is 0 Å². The number of hydrogen-bond donors (Lipinski definition) is 1. The number of aliphatic hydroxyl groups excluding tert-OH is 1. The minimum atomic E-state index is -1.95. The molecule has 31 heavy (non-hydrogen) atoms. The predicted octanol–water partition coefficient (Wildman–Crippen LogP) is -1.77. The lowest BCUT2D eigenvalue weighted by Crippen LogP contribution is -2.49. The Balaban J connectivity index is 1.72. The fraction of sp³-hybridized carbons (Fsp3) is 0.632. The van der Waals surface area contributed by atoms with Crippen LogP contribution in [0.25, 0.3) is 0 Å². The third kappa shape index (κ3) is 2.42. The maximum atomic E-state index is 12.8. The number of fused-ring (bicyclic) bond motifs is 6. The maximum absolute atomic E-state index is 12.8. The second-order valence-electron chi connectivity index (χ2n) is 8.73. The number of esters is 7. The number of aliphatic hydroxyl groups is 1. The summed E-state index contributed by atoms with van der Waals surface area (Å²) in [4.78, 5) is 87.9. The van der Waals surface area contributed by atoms with E-state index in [1.165, 1.54) is 6.92 Å². The van der Waals surface area contributed by atoms with E-state index >= 15 is 0 Å². The monoisotopic (exact) mass is 436 g/mol. The second-order valence-corrected chi connectivity index (χ2v) is 8.73. The third-order valence-corrected chi connectivity index (χ3v) is 7.41. The van der Waals surface area contributed by atoms with Crippen molar-refractivity contribution in [2.45, 2.75) is 26.1 Å². The zero-order chi connectivity index (χ0) is 22.4. The summed E-state index contributed by atoms with van der Waals surface area (Å²) >= 11 is 0. The average Bonchev–Trinajstić information content (AvgIpc) is 3.29. The number of carbonyl (C=O) groups is 7. The molecule has 5 fully saturated rings. The van der Waals surface area contributed by atoms with Crippen LogP contribution in [0.1, 0.15) is 19.8 Å². The molecule has 1 aliphatic carbocycles. The Kier molecular flexibility index (Phi) is 3.95. The van der Waals surface area contributed by atoms with Crippen molar-refractivity contribution in [1.29, 1.82) is 0 Å². The summed E-state index contributed by atoms with van der Waals surface area (Å²) in [5, 5.41) is 10.3. The lowest BCUT2D eigenvalue weighted by atomic mass is 9.58. The first kappa shape index (κ1) is 19.8. The third-order valence-electron chi connectivity index (χ3n) is 7.41. The first-order valence-electron chi connectivity index (χ1n) is 9.71. The van der Waals surface area contributed by atoms with Crippen LogP contribution < -0.4 is 0 Å². The van der Waals surface area contributed by atoms with E-state index in [0.29, 0.717) is 0 Å². The molecule has 4 aliphatic heterocycles. The fourth-order valence-corrected chi connectivity index (χ4v) is 5.79. The normalized spacial score (nSPS) is 46.5. The van der Waals surface area contributed by atoms with Crippen LogP contribution in [0.2, 0.25) is 0 Å². The van der Waals surface area contributed by atoms with Gasteiger partial charge in [0.15, 0.2) is 0 Å². The van der Waals surface area contributed by atoms with E-state index in [9.17, 15) is 38.7 Å². The maximum Gasteiger partial charge on any atom is 0.321 e. The summed E-state index contributed by atoms with van der Waals surface area (Å²) in [6.45, 7) is 1.23. The Labute approximate surface area is 173 Å². The van der Waals surface area contributed by atoms with Crippen molar-refractivity contribution in [3.05, 3.63) is 0 Å². The molecule has 9 unspecified atom stereocenters. The first-order valence-corrected chi connectivity index (χ1v) is 9.71. The van der Waals surface area contributed by atoms with Crippen LogP contribution in [0.3, 0.4) is 0 Å². The number of carbonyl (C=O) groups excluding carboxylic acids is 7. The van der Waals surface area contributed by atoms with Gasteiger partial charge in [-0.05, 0) is 19.8 Å². The lowest BCUT2D eigenvalue weighted by Gasteiger charge is -2.36. The topological polar surface area (TPSA) is 177 Å². The molecule has 0 amide bonds. The smallest absolute Gasteiger partial charge is 0.321 e. The van der Waals surface area contributed by atoms with Crippen LogP contribution in [0, 0.1) is 46.8 Å². The van der Waals surface area contributed by atoms with Gasteiger partial charge >= 0.3 is 41.8 Å². The van der Waals surface area contributed by atoms with Gasteiger partial charge in [-0.2, -0.15) is 0 Å². The van der Waals surface area contributed by atoms with E-state index in [4.69, 9.17) is 18.9 Å². The van der Waals surface area contributed by atoms with Gasteiger partial charge in [0.05, 0.1) is 40.9 Å². The van der Waals surface area contributed by atoms with Gasteiger partial charge in [0.25, 0.3) is 0 Å². The molecule has 12 heteroatoms. The predicted molar refractivity (Wildman–Crippen MR) is 87.2 cm³/mol. The molecule has 164 valence electrons. The molecule has 0 spiro atoms. The SMILES string of the molecule is CC12C(=O)OC(=O)C1CC1C(=O)OC(=O)C1CC1C(O)OC(=O)C1C1C(=O)OC(=O)C12. The molecule has 0 aromatic carbocycles. The van der Waals surface area contributed by atoms with Crippen molar-refractivity contribution < 1.29 is 57.6 Å². The van der Waals surface area contributed by atoms with Crippen LogP contribution in [-0.2, 0) is 52.5 Å². The summed E-state index contributed by atoms with van der Waals surface area (Å²) in [7, 11) is 0. The largest absolute Gasteiger partial charge is 0.435 e. The van der Waals surface area contributed by atoms with Gasteiger partial charge in [-0.15, -0.1) is 0 Å². The number of hydrogen-bond acceptors (Lipinski definition) is 12. The molecule has 1 N–H and O–H groups in total. The molecule has 0 aromatic rings. The molecule has 1 saturated carbocycles. The highest BCUT2D eigenvalue weighted by Crippen LogP contribution is 2.57. The van der Waals surface area contributed by atoms with Gasteiger partial charge in [0, 0.05) is 5.92 Å². The van der Waals surface area contributed by atoms with Gasteiger partial charge < -0.3 is 24.1 Å². The van der Waals surface area contributed by atoms with Crippen LogP contribution in [0.4, 0.5) is 0 Å². The minimum absolute atomic E-state index is 0.274. The van der Waals surface area contributed by atoms with Gasteiger partial charge in [-0.3, -0.25) is 33.6 Å². The van der Waals surface area contributed by atoms with Crippen LogP contribution in [-0.4, -0.2) is 53.2 Å². The standard InChI is InChI=1S/C19H16O12/c1-19-7(14(23)31-18(19)27)3-5-4(11(20)28-12(5)21)2-6-8(15(24)29-13(6)22)9-10(19)17(26)30-16(9)25/h4-10,13,22H,2-3H2,1H3. The molecule has 5 aliphatic rings. The molecule has 4 heterocycles. The quantitative estimate of drug-likeness (QED) is 0.257. The van der Waals surface area contributed by atoms with Gasteiger partial charge in [-0.25, -0.2) is 0 Å². The second kappa shape index (κ2) is 6.19. The van der Waals surface area contributed by atoms with Gasteiger partial charge in [-0.1, -0.05) is 0 Å². The molecular formula is C19H16O12. The zero-order valence-electron chi connectivity index (χ0n) is 16.0. The Morgan fingerprint density at radius 2 is 1.35 bits per heavy atom. The molecule has 12 nitrogen and oxygen atoms in total. The molecule has 0 bridgehead atoms. The van der Waals surface area contributed by atoms with E-state index in [0.717, 1.165) is 0 Å². The van der Waals surface area contributed by atoms with Crippen LogP contribution in [0.5, 0.6) is 0 Å². The van der Waals surface area contributed by atoms with E-state index in [1.807, 2.05) is 0 Å². The summed E-state index contributed by atoms with van der Waals surface area (Å²) in [6, 6.07) is 0. The van der Waals surface area contributed by atoms with Gasteiger partial charge in [0.2, 0.25) is 6.29 Å². The van der Waals surface area contributed by atoms with E-state index in [-0.39, 0.29) is 12.8 Å². The highest BCUT2D eigenvalue weighted by molar-refractivity contribution is 6.07. The van der Waals surface area contributed by atoms with Crippen molar-refractivity contribution in [2.24, 2.45) is 46.8 Å². The Hall–Kier alpha value is -3.15. The Morgan fingerprint density at radius 3 is 2.03 bits per heavy atom. The van der Waals surface area contributed by atoms with Crippen molar-refractivity contribution in [3.8, 4) is 0 Å². The summed E-state index contributed by atoms with van der Waals surface area (Å²) in [5.41, 5.74) is -1.95. The van der Waals surface area contributed by atoms with Crippen molar-refractivity contribution in [1.82, 2.24) is 0 Å². The average molecular weight is 436 g/mol. The molecular weight excluding hydrogens is 420 g/mol. The van der Waals surface area contributed by atoms with Crippen molar-refractivity contribution >= 4 is 41.8 Å². The number of rotatable bonds is 0. The molecule has 5 rings (SSSR count). The van der Waals surface area contributed by atoms with Crippen molar-refractivity contribution in [3.63, 3.8) is 0 Å². The van der Waals surface area contributed by atoms with Crippen LogP contribution in [0.15, 0.2) is 0 Å².